The van der Waals surface area contributed by atoms with Crippen LogP contribution in [0.2, 0.25) is 0 Å². The molecule has 1 aliphatic rings. The molecule has 2 aromatic rings. The van der Waals surface area contributed by atoms with Crippen LogP contribution in [0.5, 0.6) is 0 Å². The van der Waals surface area contributed by atoms with E-state index in [2.05, 4.69) is 20.8 Å². The van der Waals surface area contributed by atoms with E-state index in [-0.39, 0.29) is 11.7 Å². The summed E-state index contributed by atoms with van der Waals surface area (Å²) in [6, 6.07) is 6.34. The first-order valence-electron chi connectivity index (χ1n) is 7.53. The number of nitrogens with one attached hydrogen (secondary N) is 3. The number of aromatic nitrogens is 2. The Morgan fingerprint density at radius 3 is 3.05 bits per heavy atom. The number of hydrogen-bond donors (Lipinski definition) is 3. The topological polar surface area (TPSA) is 69.8 Å². The summed E-state index contributed by atoms with van der Waals surface area (Å²) in [6.45, 7) is 2.69. The number of amides is 1. The molecule has 1 fully saturated rings. The fourth-order valence-electron chi connectivity index (χ4n) is 2.77. The number of hydrogen-bond acceptors (Lipinski definition) is 3. The fourth-order valence-corrected chi connectivity index (χ4v) is 2.77. The molecule has 3 N–H and O–H groups in total. The molecule has 1 atom stereocenters. The number of benzene rings is 1. The van der Waals surface area contributed by atoms with E-state index >= 15 is 0 Å². The lowest BCUT2D eigenvalue weighted by molar-refractivity contribution is 0.0952. The molecular formula is C16H19FN4O. The first-order valence-corrected chi connectivity index (χ1v) is 7.53. The number of H-pyrrole nitrogens is 1. The lowest BCUT2D eigenvalue weighted by atomic mass is 10.0. The van der Waals surface area contributed by atoms with Crippen LogP contribution in [0.15, 0.2) is 30.5 Å². The van der Waals surface area contributed by atoms with Gasteiger partial charge in [0.05, 0.1) is 17.5 Å². The number of nitrogens with zero attached hydrogens (tertiary/aromatic N) is 1. The fraction of sp³-hybridized carbons (Fsp3) is 0.375. The third kappa shape index (κ3) is 3.17. The second-order valence-corrected chi connectivity index (χ2v) is 5.54. The summed E-state index contributed by atoms with van der Waals surface area (Å²) in [7, 11) is 0. The van der Waals surface area contributed by atoms with Crippen molar-refractivity contribution in [2.24, 2.45) is 5.92 Å². The quantitative estimate of drug-likeness (QED) is 0.790. The molecule has 0 bridgehead atoms. The van der Waals surface area contributed by atoms with Gasteiger partial charge in [0.1, 0.15) is 5.82 Å². The summed E-state index contributed by atoms with van der Waals surface area (Å²) in [5.74, 6) is 0.0199. The summed E-state index contributed by atoms with van der Waals surface area (Å²) in [5.41, 5.74) is 1.14. The van der Waals surface area contributed by atoms with Gasteiger partial charge in [0.25, 0.3) is 5.91 Å². The van der Waals surface area contributed by atoms with Gasteiger partial charge in [-0.05, 0) is 44.0 Å². The zero-order valence-corrected chi connectivity index (χ0v) is 12.2. The van der Waals surface area contributed by atoms with E-state index in [1.54, 1.807) is 18.2 Å². The lowest BCUT2D eigenvalue weighted by Gasteiger charge is -2.09. The first-order chi connectivity index (χ1) is 10.8. The highest BCUT2D eigenvalue weighted by Gasteiger charge is 2.18. The highest BCUT2D eigenvalue weighted by Crippen LogP contribution is 2.23. The van der Waals surface area contributed by atoms with Crippen LogP contribution in [-0.2, 0) is 0 Å². The van der Waals surface area contributed by atoms with Crippen molar-refractivity contribution in [3.63, 3.8) is 0 Å². The average molecular weight is 302 g/mol. The molecule has 0 radical (unpaired) electrons. The molecule has 1 aromatic carbocycles. The van der Waals surface area contributed by atoms with Gasteiger partial charge >= 0.3 is 0 Å². The predicted octanol–water partition coefficient (Wildman–Crippen LogP) is 1.95. The standard InChI is InChI=1S/C16H19FN4O/c17-14-4-2-1-3-12(14)15-13(10-20-21-15)16(22)19-8-6-11-5-7-18-9-11/h1-4,10-11,18H,5-9H2,(H,19,22)(H,20,21). The zero-order valence-electron chi connectivity index (χ0n) is 12.2. The van der Waals surface area contributed by atoms with Crippen molar-refractivity contribution >= 4 is 5.91 Å². The minimum atomic E-state index is -0.377. The molecule has 1 aromatic heterocycles. The maximum absolute atomic E-state index is 13.9. The minimum Gasteiger partial charge on any atom is -0.352 e. The van der Waals surface area contributed by atoms with Gasteiger partial charge in [-0.1, -0.05) is 12.1 Å². The van der Waals surface area contributed by atoms with Crippen molar-refractivity contribution < 1.29 is 9.18 Å². The van der Waals surface area contributed by atoms with Crippen molar-refractivity contribution in [1.82, 2.24) is 20.8 Å². The van der Waals surface area contributed by atoms with E-state index in [4.69, 9.17) is 0 Å². The van der Waals surface area contributed by atoms with Gasteiger partial charge in [-0.15, -0.1) is 0 Å². The minimum absolute atomic E-state index is 0.224. The number of rotatable bonds is 5. The Kier molecular flexibility index (Phi) is 4.48. The molecule has 5 nitrogen and oxygen atoms in total. The summed E-state index contributed by atoms with van der Waals surface area (Å²) < 4.78 is 13.9. The monoisotopic (exact) mass is 302 g/mol. The van der Waals surface area contributed by atoms with Crippen LogP contribution < -0.4 is 10.6 Å². The van der Waals surface area contributed by atoms with Crippen molar-refractivity contribution in [1.29, 1.82) is 0 Å². The maximum atomic E-state index is 13.9. The van der Waals surface area contributed by atoms with Gasteiger partial charge in [0, 0.05) is 12.1 Å². The van der Waals surface area contributed by atoms with Crippen LogP contribution in [0.4, 0.5) is 4.39 Å². The number of aromatic amines is 1. The lowest BCUT2D eigenvalue weighted by Crippen LogP contribution is -2.26. The smallest absolute Gasteiger partial charge is 0.255 e. The molecule has 22 heavy (non-hydrogen) atoms. The highest BCUT2D eigenvalue weighted by molar-refractivity contribution is 5.99. The Bertz CT molecular complexity index is 649. The molecule has 0 saturated carbocycles. The Hall–Kier alpha value is -2.21. The van der Waals surface area contributed by atoms with Crippen LogP contribution in [0.3, 0.4) is 0 Å². The first kappa shape index (κ1) is 14.7. The Balaban J connectivity index is 1.66. The molecule has 6 heteroatoms. The van der Waals surface area contributed by atoms with Crippen LogP contribution in [0, 0.1) is 11.7 Å². The Labute approximate surface area is 128 Å². The predicted molar refractivity (Wildman–Crippen MR) is 81.9 cm³/mol. The van der Waals surface area contributed by atoms with Gasteiger partial charge in [-0.25, -0.2) is 4.39 Å². The van der Waals surface area contributed by atoms with Crippen LogP contribution >= 0.6 is 0 Å². The normalized spacial score (nSPS) is 17.6. The van der Waals surface area contributed by atoms with E-state index in [0.717, 1.165) is 25.9 Å². The molecule has 1 aliphatic heterocycles. The largest absolute Gasteiger partial charge is 0.352 e. The van der Waals surface area contributed by atoms with Crippen LogP contribution in [-0.4, -0.2) is 35.7 Å². The summed E-state index contributed by atoms with van der Waals surface area (Å²) >= 11 is 0. The maximum Gasteiger partial charge on any atom is 0.255 e. The Morgan fingerprint density at radius 2 is 2.27 bits per heavy atom. The second-order valence-electron chi connectivity index (χ2n) is 5.54. The number of carbonyl (C=O) groups is 1. The third-order valence-electron chi connectivity index (χ3n) is 4.03. The number of carbonyl (C=O) groups excluding carboxylic acids is 1. The number of halogens is 1. The molecule has 3 rings (SSSR count). The van der Waals surface area contributed by atoms with E-state index in [1.165, 1.54) is 12.3 Å². The highest BCUT2D eigenvalue weighted by atomic mass is 19.1. The van der Waals surface area contributed by atoms with Gasteiger partial charge < -0.3 is 10.6 Å². The second kappa shape index (κ2) is 6.70. The molecular weight excluding hydrogens is 283 g/mol. The van der Waals surface area contributed by atoms with Crippen molar-refractivity contribution in [3.8, 4) is 11.3 Å². The van der Waals surface area contributed by atoms with E-state index in [0.29, 0.717) is 29.3 Å². The van der Waals surface area contributed by atoms with E-state index < -0.39 is 0 Å². The SMILES string of the molecule is O=C(NCCC1CCNC1)c1cn[nH]c1-c1ccccc1F. The molecule has 1 amide bonds. The van der Waals surface area contributed by atoms with E-state index in [1.807, 2.05) is 0 Å². The van der Waals surface area contributed by atoms with Crippen LogP contribution in [0.1, 0.15) is 23.2 Å². The molecule has 1 saturated heterocycles. The summed E-state index contributed by atoms with van der Waals surface area (Å²) in [4.78, 5) is 12.3. The van der Waals surface area contributed by atoms with Crippen molar-refractivity contribution in [2.45, 2.75) is 12.8 Å². The van der Waals surface area contributed by atoms with Crippen molar-refractivity contribution in [2.75, 3.05) is 19.6 Å². The van der Waals surface area contributed by atoms with Crippen LogP contribution in [0.25, 0.3) is 11.3 Å². The third-order valence-corrected chi connectivity index (χ3v) is 4.03. The van der Waals surface area contributed by atoms with Gasteiger partial charge in [-0.2, -0.15) is 5.10 Å². The average Bonchev–Trinajstić information content (AvgIpc) is 3.18. The zero-order chi connectivity index (χ0) is 15.4. The Morgan fingerprint density at radius 1 is 1.41 bits per heavy atom. The summed E-state index contributed by atoms with van der Waals surface area (Å²) in [5, 5.41) is 12.8. The molecule has 1 unspecified atom stereocenters. The summed E-state index contributed by atoms with van der Waals surface area (Å²) in [6.07, 6.45) is 3.54. The molecule has 2 heterocycles. The molecule has 0 spiro atoms. The van der Waals surface area contributed by atoms with Crippen molar-refractivity contribution in [3.05, 3.63) is 41.8 Å². The molecule has 0 aliphatic carbocycles. The molecule has 116 valence electrons. The van der Waals surface area contributed by atoms with Gasteiger partial charge in [-0.3, -0.25) is 9.89 Å². The van der Waals surface area contributed by atoms with Gasteiger partial charge in [0.15, 0.2) is 0 Å². The van der Waals surface area contributed by atoms with E-state index in [9.17, 15) is 9.18 Å². The van der Waals surface area contributed by atoms with Gasteiger partial charge in [0.2, 0.25) is 0 Å².